The van der Waals surface area contributed by atoms with Crippen molar-refractivity contribution in [3.05, 3.63) is 24.3 Å². The highest BCUT2D eigenvalue weighted by Crippen LogP contribution is 2.26. The molecule has 3 N–H and O–H groups in total. The van der Waals surface area contributed by atoms with Gasteiger partial charge in [-0.1, -0.05) is 12.1 Å². The molecule has 0 aromatic heterocycles. The number of nitrogens with zero attached hydrogens (tertiary/aromatic N) is 2. The first-order chi connectivity index (χ1) is 10.4. The Bertz CT molecular complexity index is 511. The summed E-state index contributed by atoms with van der Waals surface area (Å²) < 4.78 is 0. The van der Waals surface area contributed by atoms with E-state index >= 15 is 0 Å². The second-order valence-corrected chi connectivity index (χ2v) is 6.43. The Kier molecular flexibility index (Phi) is 5.26. The van der Waals surface area contributed by atoms with Gasteiger partial charge in [-0.2, -0.15) is 0 Å². The number of nitrogens with one attached hydrogen (secondary N) is 2. The molecule has 0 spiro atoms. The third-order valence-corrected chi connectivity index (χ3v) is 3.84. The van der Waals surface area contributed by atoms with Gasteiger partial charge >= 0.3 is 6.03 Å². The molecule has 0 bridgehead atoms. The fourth-order valence-electron chi connectivity index (χ4n) is 2.40. The highest BCUT2D eigenvalue weighted by molar-refractivity contribution is 5.93. The van der Waals surface area contributed by atoms with Crippen LogP contribution >= 0.6 is 0 Å². The van der Waals surface area contributed by atoms with Crippen molar-refractivity contribution in [3.8, 4) is 0 Å². The lowest BCUT2D eigenvalue weighted by Gasteiger charge is -2.35. The van der Waals surface area contributed by atoms with Crippen LogP contribution in [0.15, 0.2) is 24.3 Å². The Morgan fingerprint density at radius 3 is 2.50 bits per heavy atom. The van der Waals surface area contributed by atoms with E-state index in [0.29, 0.717) is 0 Å². The van der Waals surface area contributed by atoms with Gasteiger partial charge in [0.05, 0.1) is 23.5 Å². The second kappa shape index (κ2) is 6.98. The molecule has 2 amide bonds. The van der Waals surface area contributed by atoms with Gasteiger partial charge in [-0.25, -0.2) is 4.79 Å². The minimum absolute atomic E-state index is 0.111. The maximum absolute atomic E-state index is 12.1. The van der Waals surface area contributed by atoms with Gasteiger partial charge in [0.15, 0.2) is 0 Å². The van der Waals surface area contributed by atoms with Crippen LogP contribution in [0.1, 0.15) is 13.8 Å². The number of benzene rings is 1. The molecule has 1 aromatic carbocycles. The van der Waals surface area contributed by atoms with Gasteiger partial charge in [-0.05, 0) is 33.0 Å². The summed E-state index contributed by atoms with van der Waals surface area (Å²) in [7, 11) is 2.12. The number of rotatable bonds is 4. The number of piperazine rings is 1. The molecule has 1 heterocycles. The van der Waals surface area contributed by atoms with Crippen molar-refractivity contribution < 1.29 is 9.90 Å². The van der Waals surface area contributed by atoms with E-state index in [0.717, 1.165) is 37.6 Å². The Balaban J connectivity index is 2.07. The van der Waals surface area contributed by atoms with Crippen molar-refractivity contribution in [1.29, 1.82) is 0 Å². The number of hydrogen-bond donors (Lipinski definition) is 3. The zero-order valence-corrected chi connectivity index (χ0v) is 13.6. The lowest BCUT2D eigenvalue weighted by molar-refractivity contribution is 0.187. The Hall–Kier alpha value is -1.79. The first-order valence-electron chi connectivity index (χ1n) is 7.64. The van der Waals surface area contributed by atoms with Crippen LogP contribution in [0, 0.1) is 0 Å². The van der Waals surface area contributed by atoms with Gasteiger partial charge in [-0.15, -0.1) is 0 Å². The summed E-state index contributed by atoms with van der Waals surface area (Å²) in [6.45, 7) is 7.35. The van der Waals surface area contributed by atoms with Gasteiger partial charge < -0.3 is 25.5 Å². The third kappa shape index (κ3) is 4.35. The van der Waals surface area contributed by atoms with Crippen molar-refractivity contribution in [2.45, 2.75) is 19.4 Å². The smallest absolute Gasteiger partial charge is 0.319 e. The standard InChI is InChI=1S/C16H26N4O2/c1-16(2,12-21)18-15(22)17-13-6-4-5-7-14(13)20-10-8-19(3)9-11-20/h4-7,21H,8-12H2,1-3H3,(H2,17,18,22). The number of likely N-dealkylation sites (N-methyl/N-ethyl adjacent to an activating group) is 1. The SMILES string of the molecule is CN1CCN(c2ccccc2NC(=O)NC(C)(C)CO)CC1. The van der Waals surface area contributed by atoms with Crippen molar-refractivity contribution in [2.75, 3.05) is 50.1 Å². The monoisotopic (exact) mass is 306 g/mol. The van der Waals surface area contributed by atoms with Crippen molar-refractivity contribution >= 4 is 17.4 Å². The molecule has 6 nitrogen and oxygen atoms in total. The molecule has 1 saturated heterocycles. The van der Waals surface area contributed by atoms with Gasteiger partial charge in [0, 0.05) is 26.2 Å². The summed E-state index contributed by atoms with van der Waals surface area (Å²) >= 11 is 0. The van der Waals surface area contributed by atoms with Crippen molar-refractivity contribution in [2.24, 2.45) is 0 Å². The minimum Gasteiger partial charge on any atom is -0.394 e. The molecule has 0 unspecified atom stereocenters. The van der Waals surface area contributed by atoms with E-state index in [-0.39, 0.29) is 12.6 Å². The fraction of sp³-hybridized carbons (Fsp3) is 0.562. The summed E-state index contributed by atoms with van der Waals surface area (Å²) in [6, 6.07) is 7.51. The predicted octanol–water partition coefficient (Wildman–Crippen LogP) is 1.33. The highest BCUT2D eigenvalue weighted by atomic mass is 16.3. The molecule has 0 radical (unpaired) electrons. The van der Waals surface area contributed by atoms with Gasteiger partial charge in [0.1, 0.15) is 0 Å². The van der Waals surface area contributed by atoms with E-state index in [2.05, 4.69) is 27.5 Å². The second-order valence-electron chi connectivity index (χ2n) is 6.43. The largest absolute Gasteiger partial charge is 0.394 e. The number of urea groups is 1. The number of hydrogen-bond acceptors (Lipinski definition) is 4. The van der Waals surface area contributed by atoms with Crippen LogP contribution in [0.25, 0.3) is 0 Å². The topological polar surface area (TPSA) is 67.8 Å². The molecule has 1 aliphatic rings. The summed E-state index contributed by atoms with van der Waals surface area (Å²) in [5.74, 6) is 0. The Morgan fingerprint density at radius 2 is 1.86 bits per heavy atom. The lowest BCUT2D eigenvalue weighted by atomic mass is 10.1. The van der Waals surface area contributed by atoms with Crippen molar-refractivity contribution in [3.63, 3.8) is 0 Å². The average molecular weight is 306 g/mol. The molecule has 1 aliphatic heterocycles. The van der Waals surface area contributed by atoms with Crippen LogP contribution in [-0.2, 0) is 0 Å². The van der Waals surface area contributed by atoms with Crippen LogP contribution < -0.4 is 15.5 Å². The molecule has 0 aliphatic carbocycles. The highest BCUT2D eigenvalue weighted by Gasteiger charge is 2.21. The number of amides is 2. The first kappa shape index (κ1) is 16.6. The number of aliphatic hydroxyl groups is 1. The molecule has 22 heavy (non-hydrogen) atoms. The molecule has 122 valence electrons. The predicted molar refractivity (Wildman–Crippen MR) is 89.5 cm³/mol. The molecule has 1 aromatic rings. The number of anilines is 2. The number of para-hydroxylation sites is 2. The molecular weight excluding hydrogens is 280 g/mol. The summed E-state index contributed by atoms with van der Waals surface area (Å²) in [6.07, 6.45) is 0. The molecule has 0 atom stereocenters. The third-order valence-electron chi connectivity index (χ3n) is 3.84. The van der Waals surface area contributed by atoms with Crippen LogP contribution in [-0.4, -0.2) is 61.4 Å². The quantitative estimate of drug-likeness (QED) is 0.785. The van der Waals surface area contributed by atoms with Crippen molar-refractivity contribution in [1.82, 2.24) is 10.2 Å². The minimum atomic E-state index is -0.646. The van der Waals surface area contributed by atoms with E-state index in [9.17, 15) is 9.90 Å². The molecule has 1 fully saturated rings. The van der Waals surface area contributed by atoms with E-state index in [4.69, 9.17) is 0 Å². The van der Waals surface area contributed by atoms with E-state index in [1.54, 1.807) is 13.8 Å². The van der Waals surface area contributed by atoms with Gasteiger partial charge in [0.2, 0.25) is 0 Å². The fourth-order valence-corrected chi connectivity index (χ4v) is 2.40. The summed E-state index contributed by atoms with van der Waals surface area (Å²) in [5, 5.41) is 14.9. The number of carbonyl (C=O) groups is 1. The lowest BCUT2D eigenvalue weighted by Crippen LogP contribution is -2.48. The molecular formula is C16H26N4O2. The van der Waals surface area contributed by atoms with Crippen LogP contribution in [0.4, 0.5) is 16.2 Å². The zero-order chi connectivity index (χ0) is 16.2. The van der Waals surface area contributed by atoms with Gasteiger partial charge in [-0.3, -0.25) is 0 Å². The molecule has 0 saturated carbocycles. The average Bonchev–Trinajstić information content (AvgIpc) is 2.48. The first-order valence-corrected chi connectivity index (χ1v) is 7.64. The zero-order valence-electron chi connectivity index (χ0n) is 13.6. The molecule has 2 rings (SSSR count). The van der Waals surface area contributed by atoms with E-state index < -0.39 is 5.54 Å². The molecule has 6 heteroatoms. The van der Waals surface area contributed by atoms with Gasteiger partial charge in [0.25, 0.3) is 0 Å². The maximum atomic E-state index is 12.1. The Morgan fingerprint density at radius 1 is 1.23 bits per heavy atom. The summed E-state index contributed by atoms with van der Waals surface area (Å²) in [4.78, 5) is 16.7. The van der Waals surface area contributed by atoms with Crippen LogP contribution in [0.2, 0.25) is 0 Å². The van der Waals surface area contributed by atoms with E-state index in [1.807, 2.05) is 24.3 Å². The van der Waals surface area contributed by atoms with Crippen LogP contribution in [0.3, 0.4) is 0 Å². The Labute approximate surface area is 132 Å². The normalized spacial score (nSPS) is 16.5. The van der Waals surface area contributed by atoms with Crippen LogP contribution in [0.5, 0.6) is 0 Å². The number of carbonyl (C=O) groups excluding carboxylic acids is 1. The maximum Gasteiger partial charge on any atom is 0.319 e. The number of aliphatic hydroxyl groups excluding tert-OH is 1. The summed E-state index contributed by atoms with van der Waals surface area (Å²) in [5.41, 5.74) is 1.18. The van der Waals surface area contributed by atoms with E-state index in [1.165, 1.54) is 0 Å².